The second-order valence-electron chi connectivity index (χ2n) is 4.21. The van der Waals surface area contributed by atoms with Crippen molar-refractivity contribution in [3.05, 3.63) is 51.0 Å². The Balaban J connectivity index is 2.16. The first-order chi connectivity index (χ1) is 9.91. The maximum absolute atomic E-state index is 13.5. The Kier molecular flexibility index (Phi) is 4.59. The first-order valence-electron chi connectivity index (χ1n) is 5.88. The molecule has 1 amide bonds. The maximum atomic E-state index is 13.5. The number of halogens is 3. The molecule has 0 spiro atoms. The van der Waals surface area contributed by atoms with E-state index in [0.29, 0.717) is 5.69 Å². The molecular formula is C13H11Cl2FN4O. The highest BCUT2D eigenvalue weighted by Crippen LogP contribution is 2.19. The second-order valence-corrected chi connectivity index (χ2v) is 4.99. The minimum Gasteiger partial charge on any atom is -0.266 e. The molecule has 2 rings (SSSR count). The number of hydrogen-bond acceptors (Lipinski definition) is 3. The van der Waals surface area contributed by atoms with Crippen LogP contribution in [-0.4, -0.2) is 21.9 Å². The first-order valence-corrected chi connectivity index (χ1v) is 6.64. The number of nitrogens with one attached hydrogen (secondary N) is 1. The van der Waals surface area contributed by atoms with E-state index in [1.54, 1.807) is 14.0 Å². The second kappa shape index (κ2) is 6.24. The molecule has 0 radical (unpaired) electrons. The molecule has 0 atom stereocenters. The maximum Gasteiger partial charge on any atom is 0.291 e. The fourth-order valence-corrected chi connectivity index (χ4v) is 2.18. The van der Waals surface area contributed by atoms with Crippen LogP contribution in [0.3, 0.4) is 0 Å². The third-order valence-corrected chi connectivity index (χ3v) is 3.51. The van der Waals surface area contributed by atoms with Gasteiger partial charge in [-0.1, -0.05) is 29.3 Å². The van der Waals surface area contributed by atoms with Gasteiger partial charge in [-0.3, -0.25) is 9.48 Å². The predicted octanol–water partition coefficient (Wildman–Crippen LogP) is 2.94. The van der Waals surface area contributed by atoms with Gasteiger partial charge >= 0.3 is 0 Å². The average molecular weight is 329 g/mol. The number of carbonyl (C=O) groups excluding carboxylic acids is 1. The summed E-state index contributed by atoms with van der Waals surface area (Å²) in [5.74, 6) is -1.08. The highest BCUT2D eigenvalue weighted by Gasteiger charge is 2.18. The lowest BCUT2D eigenvalue weighted by Crippen LogP contribution is -2.21. The van der Waals surface area contributed by atoms with Crippen LogP contribution in [0, 0.1) is 12.7 Å². The van der Waals surface area contributed by atoms with Crippen molar-refractivity contribution < 1.29 is 9.18 Å². The highest BCUT2D eigenvalue weighted by atomic mass is 35.5. The third-order valence-electron chi connectivity index (χ3n) is 2.72. The molecule has 2 aromatic rings. The zero-order valence-corrected chi connectivity index (χ0v) is 12.7. The van der Waals surface area contributed by atoms with Gasteiger partial charge in [-0.25, -0.2) is 9.82 Å². The van der Waals surface area contributed by atoms with Crippen LogP contribution in [0.4, 0.5) is 4.39 Å². The Labute approximate surface area is 130 Å². The summed E-state index contributed by atoms with van der Waals surface area (Å²) >= 11 is 11.8. The summed E-state index contributed by atoms with van der Waals surface area (Å²) in [5.41, 5.74) is 3.05. The molecule has 0 fully saturated rings. The van der Waals surface area contributed by atoms with Crippen LogP contribution in [0.15, 0.2) is 23.3 Å². The first kappa shape index (κ1) is 15.5. The van der Waals surface area contributed by atoms with Crippen molar-refractivity contribution in [2.24, 2.45) is 12.1 Å². The van der Waals surface area contributed by atoms with Crippen molar-refractivity contribution in [3.8, 4) is 0 Å². The molecule has 0 aliphatic carbocycles. The summed E-state index contributed by atoms with van der Waals surface area (Å²) in [4.78, 5) is 12.0. The summed E-state index contributed by atoms with van der Waals surface area (Å²) in [5, 5.41) is 8.14. The van der Waals surface area contributed by atoms with E-state index >= 15 is 0 Å². The quantitative estimate of drug-likeness (QED) is 0.695. The molecule has 0 unspecified atom stereocenters. The van der Waals surface area contributed by atoms with Crippen LogP contribution < -0.4 is 5.43 Å². The third kappa shape index (κ3) is 3.22. The molecule has 1 N–H and O–H groups in total. The fourth-order valence-electron chi connectivity index (χ4n) is 1.72. The number of amides is 1. The fraction of sp³-hybridized carbons (Fsp3) is 0.154. The van der Waals surface area contributed by atoms with Crippen molar-refractivity contribution >= 4 is 35.3 Å². The molecule has 8 heteroatoms. The number of carbonyl (C=O) groups is 1. The van der Waals surface area contributed by atoms with Crippen molar-refractivity contribution in [2.45, 2.75) is 6.92 Å². The van der Waals surface area contributed by atoms with Gasteiger partial charge < -0.3 is 0 Å². The molecule has 0 saturated carbocycles. The van der Waals surface area contributed by atoms with E-state index in [4.69, 9.17) is 23.2 Å². The lowest BCUT2D eigenvalue weighted by molar-refractivity contribution is 0.0946. The molecular weight excluding hydrogens is 318 g/mol. The van der Waals surface area contributed by atoms with Crippen LogP contribution >= 0.6 is 23.2 Å². The zero-order valence-electron chi connectivity index (χ0n) is 11.2. The number of aromatic nitrogens is 2. The Morgan fingerprint density at radius 1 is 1.48 bits per heavy atom. The molecule has 0 bridgehead atoms. The summed E-state index contributed by atoms with van der Waals surface area (Å²) in [6, 6.07) is 4.25. The summed E-state index contributed by atoms with van der Waals surface area (Å²) in [6.07, 6.45) is 1.13. The van der Waals surface area contributed by atoms with Gasteiger partial charge in [0.2, 0.25) is 0 Å². The van der Waals surface area contributed by atoms with E-state index in [0.717, 1.165) is 6.21 Å². The van der Waals surface area contributed by atoms with Crippen LogP contribution in [0.1, 0.15) is 21.7 Å². The van der Waals surface area contributed by atoms with Gasteiger partial charge in [-0.05, 0) is 19.1 Å². The molecule has 0 aliphatic rings. The van der Waals surface area contributed by atoms with Crippen LogP contribution in [0.5, 0.6) is 0 Å². The number of hydrazone groups is 1. The lowest BCUT2D eigenvalue weighted by Gasteiger charge is -2.02. The molecule has 1 aromatic carbocycles. The standard InChI is InChI=1S/C13H11Cl2FN4O/c1-7-11(15)12(20(2)19-7)13(21)18-17-6-8-9(14)4-3-5-10(8)16/h3-6H,1-2H3,(H,18,21)/b17-6+. The van der Waals surface area contributed by atoms with Gasteiger partial charge in [-0.15, -0.1) is 0 Å². The molecule has 21 heavy (non-hydrogen) atoms. The van der Waals surface area contributed by atoms with Gasteiger partial charge in [-0.2, -0.15) is 10.2 Å². The minimum absolute atomic E-state index is 0.0896. The normalized spacial score (nSPS) is 11.1. The van der Waals surface area contributed by atoms with Crippen molar-refractivity contribution in [3.63, 3.8) is 0 Å². The molecule has 1 heterocycles. The Bertz CT molecular complexity index is 707. The molecule has 110 valence electrons. The van der Waals surface area contributed by atoms with Gasteiger partial charge in [0.15, 0.2) is 0 Å². The zero-order chi connectivity index (χ0) is 15.6. The SMILES string of the molecule is Cc1nn(C)c(C(=O)N/N=C/c2c(F)cccc2Cl)c1Cl. The molecule has 5 nitrogen and oxygen atoms in total. The summed E-state index contributed by atoms with van der Waals surface area (Å²) in [6.45, 7) is 1.68. The van der Waals surface area contributed by atoms with E-state index in [9.17, 15) is 9.18 Å². The van der Waals surface area contributed by atoms with E-state index in [2.05, 4.69) is 15.6 Å². The lowest BCUT2D eigenvalue weighted by atomic mass is 10.2. The summed E-state index contributed by atoms with van der Waals surface area (Å²) < 4.78 is 14.9. The van der Waals surface area contributed by atoms with Crippen molar-refractivity contribution in [1.29, 1.82) is 0 Å². The van der Waals surface area contributed by atoms with Gasteiger partial charge in [0, 0.05) is 12.6 Å². The number of nitrogens with zero attached hydrogens (tertiary/aromatic N) is 3. The molecule has 0 saturated heterocycles. The van der Waals surface area contributed by atoms with Crippen LogP contribution in [0.25, 0.3) is 0 Å². The van der Waals surface area contributed by atoms with E-state index in [1.807, 2.05) is 0 Å². The Morgan fingerprint density at radius 2 is 2.19 bits per heavy atom. The predicted molar refractivity (Wildman–Crippen MR) is 79.4 cm³/mol. The minimum atomic E-state index is -0.549. The summed E-state index contributed by atoms with van der Waals surface area (Å²) in [7, 11) is 1.59. The van der Waals surface area contributed by atoms with Crippen LogP contribution in [0.2, 0.25) is 10.0 Å². The number of rotatable bonds is 3. The number of benzene rings is 1. The molecule has 1 aromatic heterocycles. The smallest absolute Gasteiger partial charge is 0.266 e. The number of hydrogen-bond donors (Lipinski definition) is 1. The van der Waals surface area contributed by atoms with E-state index < -0.39 is 11.7 Å². The topological polar surface area (TPSA) is 59.3 Å². The number of aryl methyl sites for hydroxylation is 2. The highest BCUT2D eigenvalue weighted by molar-refractivity contribution is 6.34. The van der Waals surface area contributed by atoms with Gasteiger partial charge in [0.05, 0.1) is 22.0 Å². The Hall–Kier alpha value is -1.92. The van der Waals surface area contributed by atoms with Crippen LogP contribution in [-0.2, 0) is 7.05 Å². The average Bonchev–Trinajstić information content (AvgIpc) is 2.66. The van der Waals surface area contributed by atoms with Crippen molar-refractivity contribution in [2.75, 3.05) is 0 Å². The monoisotopic (exact) mass is 328 g/mol. The Morgan fingerprint density at radius 3 is 2.76 bits per heavy atom. The van der Waals surface area contributed by atoms with E-state index in [-0.39, 0.29) is 21.3 Å². The van der Waals surface area contributed by atoms with Gasteiger partial charge in [0.25, 0.3) is 5.91 Å². The largest absolute Gasteiger partial charge is 0.291 e. The van der Waals surface area contributed by atoms with Crippen molar-refractivity contribution in [1.82, 2.24) is 15.2 Å². The molecule has 0 aliphatic heterocycles. The van der Waals surface area contributed by atoms with Gasteiger partial charge in [0.1, 0.15) is 11.5 Å². The van der Waals surface area contributed by atoms with E-state index in [1.165, 1.54) is 22.9 Å².